The predicted molar refractivity (Wildman–Crippen MR) is 105 cm³/mol. The highest BCUT2D eigenvalue weighted by molar-refractivity contribution is 6.12. The van der Waals surface area contributed by atoms with E-state index in [0.29, 0.717) is 17.1 Å². The number of amides is 1. The van der Waals surface area contributed by atoms with E-state index in [4.69, 9.17) is 9.47 Å². The Balaban J connectivity index is 1.70. The number of aryl methyl sites for hydroxylation is 2. The molecule has 1 amide bonds. The molecule has 2 aliphatic rings. The van der Waals surface area contributed by atoms with Gasteiger partial charge in [0.05, 0.1) is 16.9 Å². The molecule has 1 aromatic heterocycles. The van der Waals surface area contributed by atoms with Crippen molar-refractivity contribution in [2.75, 3.05) is 17.0 Å². The van der Waals surface area contributed by atoms with Gasteiger partial charge in [0.1, 0.15) is 6.17 Å². The average molecular weight is 376 g/mol. The molecule has 3 aromatic rings. The fourth-order valence-corrected chi connectivity index (χ4v) is 3.94. The summed E-state index contributed by atoms with van der Waals surface area (Å²) in [6.07, 6.45) is -0.378. The molecule has 0 saturated heterocycles. The second-order valence-electron chi connectivity index (χ2n) is 7.01. The fraction of sp³-hybridized carbons (Fsp3) is 0.238. The lowest BCUT2D eigenvalue weighted by Gasteiger charge is -2.38. The van der Waals surface area contributed by atoms with Gasteiger partial charge >= 0.3 is 0 Å². The molecule has 0 saturated carbocycles. The van der Waals surface area contributed by atoms with Crippen LogP contribution in [0.2, 0.25) is 0 Å². The number of benzene rings is 2. The van der Waals surface area contributed by atoms with Crippen molar-refractivity contribution in [3.05, 3.63) is 65.0 Å². The van der Waals surface area contributed by atoms with Crippen molar-refractivity contribution in [1.29, 1.82) is 0 Å². The Labute approximate surface area is 162 Å². The zero-order valence-electron chi connectivity index (χ0n) is 15.9. The molecule has 2 aromatic carbocycles. The summed E-state index contributed by atoms with van der Waals surface area (Å²) in [5, 5.41) is 8.08. The molecule has 142 valence electrons. The normalized spacial score (nSPS) is 17.5. The van der Waals surface area contributed by atoms with Gasteiger partial charge in [-0.05, 0) is 38.1 Å². The van der Waals surface area contributed by atoms with Crippen molar-refractivity contribution in [3.8, 4) is 11.5 Å². The van der Waals surface area contributed by atoms with Crippen molar-refractivity contribution in [2.24, 2.45) is 7.05 Å². The standard InChI is InChI=1S/C21H20N4O3/c1-12-19(13(2)24(3)23-12)20-22-16-7-5-4-6-15(16)21(26)25(20)14-8-9-17-18(10-14)28-11-27-17/h4-10,20,22H,11H2,1-3H3. The molecule has 0 aliphatic carbocycles. The number of rotatable bonds is 2. The van der Waals surface area contributed by atoms with E-state index in [0.717, 1.165) is 28.3 Å². The van der Waals surface area contributed by atoms with Crippen molar-refractivity contribution >= 4 is 17.3 Å². The number of hydrogen-bond donors (Lipinski definition) is 1. The lowest BCUT2D eigenvalue weighted by molar-refractivity contribution is 0.0975. The largest absolute Gasteiger partial charge is 0.454 e. The van der Waals surface area contributed by atoms with E-state index in [9.17, 15) is 4.79 Å². The van der Waals surface area contributed by atoms with Gasteiger partial charge in [-0.25, -0.2) is 0 Å². The molecule has 1 atom stereocenters. The number of nitrogens with zero attached hydrogens (tertiary/aromatic N) is 3. The van der Waals surface area contributed by atoms with Gasteiger partial charge in [0.25, 0.3) is 5.91 Å². The number of carbonyl (C=O) groups is 1. The van der Waals surface area contributed by atoms with Crippen molar-refractivity contribution in [1.82, 2.24) is 9.78 Å². The highest BCUT2D eigenvalue weighted by atomic mass is 16.7. The number of carbonyl (C=O) groups excluding carboxylic acids is 1. The van der Waals surface area contributed by atoms with Gasteiger partial charge in [0.2, 0.25) is 6.79 Å². The number of anilines is 2. The van der Waals surface area contributed by atoms with Crippen molar-refractivity contribution in [3.63, 3.8) is 0 Å². The minimum atomic E-state index is -0.378. The number of nitrogens with one attached hydrogen (secondary N) is 1. The molecule has 2 aliphatic heterocycles. The number of hydrogen-bond acceptors (Lipinski definition) is 5. The van der Waals surface area contributed by atoms with E-state index in [2.05, 4.69) is 10.4 Å². The molecule has 28 heavy (non-hydrogen) atoms. The smallest absolute Gasteiger partial charge is 0.262 e. The average Bonchev–Trinajstić information content (AvgIpc) is 3.25. The summed E-state index contributed by atoms with van der Waals surface area (Å²) in [4.78, 5) is 15.3. The summed E-state index contributed by atoms with van der Waals surface area (Å²) in [6, 6.07) is 13.1. The summed E-state index contributed by atoms with van der Waals surface area (Å²) in [5.41, 5.74) is 5.07. The lowest BCUT2D eigenvalue weighted by Crippen LogP contribution is -2.43. The molecule has 7 nitrogen and oxygen atoms in total. The van der Waals surface area contributed by atoms with Gasteiger partial charge in [-0.1, -0.05) is 12.1 Å². The third-order valence-corrected chi connectivity index (χ3v) is 5.40. The molecular weight excluding hydrogens is 356 g/mol. The van der Waals surface area contributed by atoms with Crippen LogP contribution in [-0.4, -0.2) is 22.5 Å². The third kappa shape index (κ3) is 2.36. The number of fused-ring (bicyclic) bond motifs is 2. The monoisotopic (exact) mass is 376 g/mol. The summed E-state index contributed by atoms with van der Waals surface area (Å²) in [5.74, 6) is 1.26. The van der Waals surface area contributed by atoms with Crippen LogP contribution < -0.4 is 19.7 Å². The summed E-state index contributed by atoms with van der Waals surface area (Å²) in [6.45, 7) is 4.17. The van der Waals surface area contributed by atoms with Crippen molar-refractivity contribution in [2.45, 2.75) is 20.0 Å². The van der Waals surface area contributed by atoms with E-state index < -0.39 is 0 Å². The topological polar surface area (TPSA) is 68.6 Å². The Kier molecular flexibility index (Phi) is 3.58. The quantitative estimate of drug-likeness (QED) is 0.741. The maximum Gasteiger partial charge on any atom is 0.262 e. The first-order chi connectivity index (χ1) is 13.5. The Bertz CT molecular complexity index is 1110. The van der Waals surface area contributed by atoms with Gasteiger partial charge in [-0.15, -0.1) is 0 Å². The third-order valence-electron chi connectivity index (χ3n) is 5.40. The van der Waals surface area contributed by atoms with Gasteiger partial charge < -0.3 is 14.8 Å². The van der Waals surface area contributed by atoms with Gasteiger partial charge in [-0.2, -0.15) is 5.10 Å². The molecule has 1 N–H and O–H groups in total. The van der Waals surface area contributed by atoms with E-state index in [-0.39, 0.29) is 18.9 Å². The van der Waals surface area contributed by atoms with E-state index >= 15 is 0 Å². The van der Waals surface area contributed by atoms with Gasteiger partial charge in [0.15, 0.2) is 11.5 Å². The summed E-state index contributed by atoms with van der Waals surface area (Å²) < 4.78 is 12.8. The fourth-order valence-electron chi connectivity index (χ4n) is 3.94. The summed E-state index contributed by atoms with van der Waals surface area (Å²) >= 11 is 0. The zero-order valence-corrected chi connectivity index (χ0v) is 15.9. The van der Waals surface area contributed by atoms with Crippen LogP contribution in [0.25, 0.3) is 0 Å². The zero-order chi connectivity index (χ0) is 19.4. The first kappa shape index (κ1) is 16.7. The second-order valence-corrected chi connectivity index (χ2v) is 7.01. The highest BCUT2D eigenvalue weighted by Crippen LogP contribution is 2.42. The van der Waals surface area contributed by atoms with Crippen LogP contribution in [-0.2, 0) is 7.05 Å². The Morgan fingerprint density at radius 1 is 1.11 bits per heavy atom. The molecule has 0 fully saturated rings. The van der Waals surface area contributed by atoms with E-state index in [1.54, 1.807) is 4.90 Å². The van der Waals surface area contributed by atoms with Crippen LogP contribution in [0, 0.1) is 13.8 Å². The maximum atomic E-state index is 13.5. The molecule has 7 heteroatoms. The van der Waals surface area contributed by atoms with Crippen LogP contribution in [0.1, 0.15) is 33.5 Å². The molecule has 0 bridgehead atoms. The molecule has 0 radical (unpaired) electrons. The SMILES string of the molecule is Cc1nn(C)c(C)c1C1Nc2ccccc2C(=O)N1c1ccc2c(c1)OCO2. The molecular formula is C21H20N4O3. The minimum absolute atomic E-state index is 0.0686. The minimum Gasteiger partial charge on any atom is -0.454 e. The summed E-state index contributed by atoms with van der Waals surface area (Å²) in [7, 11) is 1.91. The Hall–Kier alpha value is -3.48. The first-order valence-electron chi connectivity index (χ1n) is 9.13. The van der Waals surface area contributed by atoms with Crippen molar-refractivity contribution < 1.29 is 14.3 Å². The van der Waals surface area contributed by atoms with Gasteiger partial charge in [-0.3, -0.25) is 14.4 Å². The van der Waals surface area contributed by atoms with Crippen LogP contribution in [0.5, 0.6) is 11.5 Å². The van der Waals surface area contributed by atoms with Crippen LogP contribution in [0.15, 0.2) is 42.5 Å². The highest BCUT2D eigenvalue weighted by Gasteiger charge is 2.37. The van der Waals surface area contributed by atoms with Crippen LogP contribution in [0.3, 0.4) is 0 Å². The first-order valence-corrected chi connectivity index (χ1v) is 9.13. The molecule has 5 rings (SSSR count). The molecule has 3 heterocycles. The predicted octanol–water partition coefficient (Wildman–Crippen LogP) is 3.54. The molecule has 1 unspecified atom stereocenters. The van der Waals surface area contributed by atoms with Crippen LogP contribution >= 0.6 is 0 Å². The Morgan fingerprint density at radius 2 is 1.89 bits per heavy atom. The lowest BCUT2D eigenvalue weighted by atomic mass is 10.0. The van der Waals surface area contributed by atoms with E-state index in [1.165, 1.54) is 0 Å². The second kappa shape index (κ2) is 6.02. The maximum absolute atomic E-state index is 13.5. The number of para-hydroxylation sites is 1. The van der Waals surface area contributed by atoms with Gasteiger partial charge in [0, 0.05) is 30.1 Å². The van der Waals surface area contributed by atoms with Crippen LogP contribution in [0.4, 0.5) is 11.4 Å². The van der Waals surface area contributed by atoms with E-state index in [1.807, 2.05) is 68.0 Å². The number of ether oxygens (including phenoxy) is 2. The molecule has 0 spiro atoms. The number of aromatic nitrogens is 2. The Morgan fingerprint density at radius 3 is 2.68 bits per heavy atom.